The minimum absolute atomic E-state index is 0. The van der Waals surface area contributed by atoms with E-state index in [1.807, 2.05) is 78.8 Å². The lowest BCUT2D eigenvalue weighted by Crippen LogP contribution is -2.56. The molecule has 2 unspecified atom stereocenters. The van der Waals surface area contributed by atoms with Gasteiger partial charge in [-0.2, -0.15) is 0 Å². The molecule has 14 nitrogen and oxygen atoms in total. The van der Waals surface area contributed by atoms with Gasteiger partial charge >= 0.3 is 0 Å². The lowest BCUT2D eigenvalue weighted by Gasteiger charge is -2.39. The average molecular weight is 1290 g/mol. The Balaban J connectivity index is 0.000000466. The number of amides is 3. The fourth-order valence-electron chi connectivity index (χ4n) is 9.59. The number of carbonyl (C=O) groups excluding carboxylic acids is 4. The van der Waals surface area contributed by atoms with E-state index in [1.165, 1.54) is 5.01 Å². The predicted octanol–water partition coefficient (Wildman–Crippen LogP) is 16.0. The molecule has 2 aliphatic heterocycles. The summed E-state index contributed by atoms with van der Waals surface area (Å²) in [5.74, 6) is 0.469. The number of hydrogen-bond donors (Lipinski definition) is 3. The van der Waals surface area contributed by atoms with Crippen LogP contribution >= 0.6 is 43.5 Å². The second-order valence-corrected chi connectivity index (χ2v) is 24.5. The van der Waals surface area contributed by atoms with Gasteiger partial charge in [-0.1, -0.05) is 111 Å². The Morgan fingerprint density at radius 1 is 0.659 bits per heavy atom. The van der Waals surface area contributed by atoms with Gasteiger partial charge in [0, 0.05) is 54.0 Å². The van der Waals surface area contributed by atoms with Crippen LogP contribution in [0.4, 0.5) is 0 Å². The Bertz CT molecular complexity index is 2630. The summed E-state index contributed by atoms with van der Waals surface area (Å²) in [7, 11) is 0. The topological polar surface area (TPSA) is 163 Å². The highest BCUT2D eigenvalue weighted by Crippen LogP contribution is 2.34. The van der Waals surface area contributed by atoms with Crippen LogP contribution in [0.25, 0.3) is 0 Å². The van der Waals surface area contributed by atoms with Crippen LogP contribution in [-0.2, 0) is 18.9 Å². The van der Waals surface area contributed by atoms with E-state index < -0.39 is 5.24 Å². The molecule has 82 heavy (non-hydrogen) atoms. The number of ether oxygens (including phenoxy) is 6. The van der Waals surface area contributed by atoms with Crippen molar-refractivity contribution in [3.63, 3.8) is 0 Å². The second kappa shape index (κ2) is 36.5. The van der Waals surface area contributed by atoms with E-state index in [2.05, 4.69) is 96.6 Å². The van der Waals surface area contributed by atoms with Gasteiger partial charge in [0.2, 0.25) is 0 Å². The molecule has 0 bridgehead atoms. The minimum atomic E-state index is -0.392. The number of rotatable bonds is 19. The number of benzene rings is 4. The first-order chi connectivity index (χ1) is 38.7. The highest BCUT2D eigenvalue weighted by Gasteiger charge is 2.35. The summed E-state index contributed by atoms with van der Waals surface area (Å²) in [5.41, 5.74) is 16.5. The van der Waals surface area contributed by atoms with Crippen LogP contribution in [0.3, 0.4) is 0 Å². The summed E-state index contributed by atoms with van der Waals surface area (Å²) in [6, 6.07) is 18.4. The highest BCUT2D eigenvalue weighted by molar-refractivity contribution is 9.11. The summed E-state index contributed by atoms with van der Waals surface area (Å²) in [6.07, 6.45) is 7.51. The van der Waals surface area contributed by atoms with Crippen LogP contribution in [0, 0.1) is 52.4 Å². The van der Waals surface area contributed by atoms with Crippen LogP contribution in [0.2, 0.25) is 0 Å². The van der Waals surface area contributed by atoms with Crippen molar-refractivity contribution in [1.82, 2.24) is 21.3 Å². The molecule has 4 aromatic rings. The van der Waals surface area contributed by atoms with Gasteiger partial charge in [0.05, 0.1) is 28.2 Å². The number of nitrogens with zero attached hydrogens (tertiary/aromatic N) is 1. The van der Waals surface area contributed by atoms with Crippen molar-refractivity contribution in [3.8, 4) is 11.5 Å². The van der Waals surface area contributed by atoms with Crippen molar-refractivity contribution in [1.29, 1.82) is 0 Å². The van der Waals surface area contributed by atoms with Crippen molar-refractivity contribution >= 4 is 66.4 Å². The van der Waals surface area contributed by atoms with E-state index in [0.29, 0.717) is 79.1 Å². The first kappa shape index (κ1) is 71.9. The molecule has 4 aromatic carbocycles. The summed E-state index contributed by atoms with van der Waals surface area (Å²) in [5, 5.41) is 1.12. The Morgan fingerprint density at radius 3 is 1.45 bits per heavy atom. The smallest absolute Gasteiger partial charge is 0.272 e. The maximum atomic E-state index is 13.8. The molecular formula is C65H97Br2ClN4O10. The molecule has 0 spiro atoms. The lowest BCUT2D eigenvalue weighted by molar-refractivity contribution is -0.165. The van der Waals surface area contributed by atoms with Gasteiger partial charge in [-0.05, 0) is 196 Å². The van der Waals surface area contributed by atoms with E-state index >= 15 is 0 Å². The molecule has 0 radical (unpaired) electrons. The van der Waals surface area contributed by atoms with Gasteiger partial charge in [-0.25, -0.2) is 10.4 Å². The summed E-state index contributed by atoms with van der Waals surface area (Å²) in [6.45, 7) is 33.7. The number of nitrogens with one attached hydrogen (secondary N) is 3. The third-order valence-electron chi connectivity index (χ3n) is 13.6. The molecule has 2 heterocycles. The third kappa shape index (κ3) is 23.9. The maximum absolute atomic E-state index is 13.8. The van der Waals surface area contributed by atoms with Crippen LogP contribution < -0.4 is 25.8 Å². The van der Waals surface area contributed by atoms with Crippen molar-refractivity contribution in [2.45, 2.75) is 194 Å². The van der Waals surface area contributed by atoms with Crippen molar-refractivity contribution in [2.24, 2.45) is 10.8 Å². The molecule has 4 atom stereocenters. The number of carbonyl (C=O) groups is 4. The SMILES string of the molecule is C.CC[C@@H](N(NC(=O)c1ccc(Br)c(OCCOC2CCCCO2)c1C)C(=O)c1cc(C)cc(C)c1)C(C)(C)C.CC[C@@H](NNC(=O)c1ccc(Br)c(OCCOC2CCCCO2)c1C)C(C)(C)C.Cc1cc(C)cc(C(=O)Cl)c1.[2H]CC. The van der Waals surface area contributed by atoms with E-state index in [-0.39, 0.29) is 60.6 Å². The largest absolute Gasteiger partial charge is 0.490 e. The molecule has 6 rings (SSSR count). The van der Waals surface area contributed by atoms with Crippen LogP contribution in [0.15, 0.2) is 69.6 Å². The number of hydrogen-bond acceptors (Lipinski definition) is 11. The molecule has 2 fully saturated rings. The number of hydrazine groups is 2. The molecule has 0 saturated carbocycles. The minimum Gasteiger partial charge on any atom is -0.490 e. The standard InChI is InChI=1S/C31H43BrN2O5.C22H35BrN2O4.C9H9ClO.C2H6.CH4/c1-8-26(31(5,6)7)34(30(36)23-18-20(2)17-21(3)19-23)33-29(35)24-12-13-25(32)28(22(24)4)39-16-15-38-27-11-9-10-14-37-27;1-6-18(22(3,4)5)24-25-21(26)16-10-11-17(23)20(15(16)2)29-14-13-28-19-9-7-8-12-27-19;1-6-3-7(2)5-8(4-6)9(10)11;1-2;/h12-13,17-19,26-27H,8-11,14-16H2,1-7H3,(H,33,35);10-11,18-19,24H,6-9,12-14H2,1-5H3,(H,25,26);3-5H,1-2H3;1-2H3;1H4/t26-,27?;18-,19?;;;/m11.../s1/i;;;1D;. The van der Waals surface area contributed by atoms with Crippen LogP contribution in [0.1, 0.15) is 204 Å². The average Bonchev–Trinajstić information content (AvgIpc) is 3.56. The fourth-order valence-corrected chi connectivity index (χ4v) is 10.8. The molecule has 0 aliphatic carbocycles. The van der Waals surface area contributed by atoms with Crippen LogP contribution in [0.5, 0.6) is 11.5 Å². The fraction of sp³-hybridized carbons (Fsp3) is 0.569. The van der Waals surface area contributed by atoms with Crippen molar-refractivity contribution < 1.29 is 49.0 Å². The molecule has 2 aliphatic rings. The molecular weight excluding hydrogens is 1190 g/mol. The highest BCUT2D eigenvalue weighted by atomic mass is 79.9. The second-order valence-electron chi connectivity index (χ2n) is 22.5. The lowest BCUT2D eigenvalue weighted by atomic mass is 9.84. The molecule has 458 valence electrons. The van der Waals surface area contributed by atoms with Crippen molar-refractivity contribution in [3.05, 3.63) is 125 Å². The quantitative estimate of drug-likeness (QED) is 0.0465. The van der Waals surface area contributed by atoms with Crippen molar-refractivity contribution in [2.75, 3.05) is 39.6 Å². The molecule has 2 saturated heterocycles. The van der Waals surface area contributed by atoms with Gasteiger partial charge in [-0.15, -0.1) is 0 Å². The molecule has 17 heteroatoms. The molecule has 3 N–H and O–H groups in total. The zero-order valence-electron chi connectivity index (χ0n) is 51.9. The van der Waals surface area contributed by atoms with E-state index in [9.17, 15) is 19.2 Å². The Morgan fingerprint density at radius 2 is 1.09 bits per heavy atom. The number of aryl methyl sites for hydroxylation is 4. The van der Waals surface area contributed by atoms with Crippen LogP contribution in [-0.4, -0.2) is 92.3 Å². The first-order valence-electron chi connectivity index (χ1n) is 29.0. The summed E-state index contributed by atoms with van der Waals surface area (Å²) < 4.78 is 42.4. The summed E-state index contributed by atoms with van der Waals surface area (Å²) >= 11 is 12.4. The zero-order chi connectivity index (χ0) is 61.3. The van der Waals surface area contributed by atoms with Gasteiger partial charge in [0.1, 0.15) is 24.7 Å². The summed E-state index contributed by atoms with van der Waals surface area (Å²) in [4.78, 5) is 50.9. The normalized spacial score (nSPS) is 15.9. The zero-order valence-corrected chi connectivity index (χ0v) is 54.8. The van der Waals surface area contributed by atoms with Gasteiger partial charge in [-0.3, -0.25) is 30.0 Å². The molecule has 3 amide bonds. The monoisotopic (exact) mass is 1290 g/mol. The first-order valence-corrected chi connectivity index (χ1v) is 30.3. The molecule has 0 aromatic heterocycles. The van der Waals surface area contributed by atoms with Gasteiger partial charge < -0.3 is 28.4 Å². The van der Waals surface area contributed by atoms with E-state index in [4.69, 9.17) is 41.4 Å². The van der Waals surface area contributed by atoms with E-state index in [1.54, 1.807) is 37.3 Å². The predicted molar refractivity (Wildman–Crippen MR) is 339 cm³/mol. The Labute approximate surface area is 515 Å². The van der Waals surface area contributed by atoms with Gasteiger partial charge in [0.15, 0.2) is 12.6 Å². The Hall–Kier alpha value is -4.39. The van der Waals surface area contributed by atoms with E-state index in [0.717, 1.165) is 94.9 Å². The third-order valence-corrected chi connectivity index (χ3v) is 15.1. The number of halogens is 3. The maximum Gasteiger partial charge on any atom is 0.272 e. The Kier molecular flexibility index (Phi) is 32.0. The van der Waals surface area contributed by atoms with Gasteiger partial charge in [0.25, 0.3) is 23.0 Å².